The average molecular weight is 194 g/mol. The lowest BCUT2D eigenvalue weighted by molar-refractivity contribution is 0.476. The summed E-state index contributed by atoms with van der Waals surface area (Å²) in [5.74, 6) is 1.29. The van der Waals surface area contributed by atoms with Crippen molar-refractivity contribution in [1.82, 2.24) is 9.78 Å². The number of H-pyrrole nitrogens is 1. The van der Waals surface area contributed by atoms with Gasteiger partial charge in [-0.05, 0) is 25.2 Å². The Morgan fingerprint density at radius 2 is 2.29 bits per heavy atom. The molecule has 3 heteroatoms. The van der Waals surface area contributed by atoms with Crippen molar-refractivity contribution >= 4 is 0 Å². The summed E-state index contributed by atoms with van der Waals surface area (Å²) < 4.78 is 1.74. The zero-order valence-electron chi connectivity index (χ0n) is 8.92. The van der Waals surface area contributed by atoms with Gasteiger partial charge in [-0.15, -0.1) is 0 Å². The topological polar surface area (TPSA) is 37.8 Å². The third-order valence-electron chi connectivity index (χ3n) is 2.76. The zero-order valence-corrected chi connectivity index (χ0v) is 8.92. The predicted molar refractivity (Wildman–Crippen MR) is 56.5 cm³/mol. The Morgan fingerprint density at radius 3 is 2.86 bits per heavy atom. The molecular formula is C11H18N2O. The quantitative estimate of drug-likeness (QED) is 0.783. The summed E-state index contributed by atoms with van der Waals surface area (Å²) in [6, 6.07) is 1.76. The van der Waals surface area contributed by atoms with Gasteiger partial charge in [0.1, 0.15) is 0 Å². The first-order valence-electron chi connectivity index (χ1n) is 5.46. The summed E-state index contributed by atoms with van der Waals surface area (Å²) in [6.07, 6.45) is 3.54. The second-order valence-corrected chi connectivity index (χ2v) is 4.66. The van der Waals surface area contributed by atoms with Crippen LogP contribution in [0.25, 0.3) is 0 Å². The molecular weight excluding hydrogens is 176 g/mol. The molecule has 1 aromatic heterocycles. The molecule has 0 aliphatic heterocycles. The van der Waals surface area contributed by atoms with E-state index in [-0.39, 0.29) is 5.56 Å². The maximum atomic E-state index is 11.5. The number of aromatic nitrogens is 2. The Balaban J connectivity index is 2.05. The van der Waals surface area contributed by atoms with Gasteiger partial charge in [-0.25, -0.2) is 0 Å². The van der Waals surface area contributed by atoms with E-state index in [9.17, 15) is 4.79 Å². The third kappa shape index (κ3) is 2.08. The van der Waals surface area contributed by atoms with Crippen molar-refractivity contribution in [2.45, 2.75) is 45.6 Å². The van der Waals surface area contributed by atoms with Crippen molar-refractivity contribution in [3.05, 3.63) is 22.1 Å². The van der Waals surface area contributed by atoms with Crippen LogP contribution in [0.5, 0.6) is 0 Å². The summed E-state index contributed by atoms with van der Waals surface area (Å²) in [6.45, 7) is 5.18. The molecule has 1 aromatic rings. The molecule has 0 amide bonds. The van der Waals surface area contributed by atoms with E-state index in [1.54, 1.807) is 10.7 Å². The normalized spacial score (nSPS) is 16.5. The van der Waals surface area contributed by atoms with Crippen molar-refractivity contribution in [1.29, 1.82) is 0 Å². The van der Waals surface area contributed by atoms with Crippen LogP contribution in [0, 0.1) is 5.92 Å². The maximum Gasteiger partial charge on any atom is 0.266 e. The van der Waals surface area contributed by atoms with Crippen molar-refractivity contribution in [2.75, 3.05) is 0 Å². The Bertz CT molecular complexity index is 358. The minimum Gasteiger partial charge on any atom is -0.299 e. The van der Waals surface area contributed by atoms with Crippen LogP contribution in [-0.2, 0) is 6.54 Å². The number of hydrogen-bond acceptors (Lipinski definition) is 1. The van der Waals surface area contributed by atoms with E-state index < -0.39 is 0 Å². The fraction of sp³-hybridized carbons (Fsp3) is 0.727. The van der Waals surface area contributed by atoms with Crippen molar-refractivity contribution in [2.24, 2.45) is 5.92 Å². The van der Waals surface area contributed by atoms with Gasteiger partial charge in [0.2, 0.25) is 0 Å². The van der Waals surface area contributed by atoms with Crippen molar-refractivity contribution in [3.63, 3.8) is 0 Å². The molecule has 0 bridgehead atoms. The van der Waals surface area contributed by atoms with Crippen LogP contribution in [0.3, 0.4) is 0 Å². The molecule has 1 heterocycles. The number of aromatic amines is 1. The highest BCUT2D eigenvalue weighted by Gasteiger charge is 2.25. The average Bonchev–Trinajstić information content (AvgIpc) is 2.88. The van der Waals surface area contributed by atoms with E-state index in [4.69, 9.17) is 0 Å². The molecule has 0 atom stereocenters. The van der Waals surface area contributed by atoms with Gasteiger partial charge < -0.3 is 0 Å². The molecule has 1 fully saturated rings. The summed E-state index contributed by atoms with van der Waals surface area (Å²) in [5.41, 5.74) is 1.27. The lowest BCUT2D eigenvalue weighted by Gasteiger charge is -2.04. The summed E-state index contributed by atoms with van der Waals surface area (Å²) in [4.78, 5) is 11.5. The smallest absolute Gasteiger partial charge is 0.266 e. The molecule has 2 rings (SSSR count). The van der Waals surface area contributed by atoms with Crippen LogP contribution in [0.2, 0.25) is 0 Å². The van der Waals surface area contributed by atoms with Gasteiger partial charge in [0.25, 0.3) is 5.56 Å². The Morgan fingerprint density at radius 1 is 1.57 bits per heavy atom. The Kier molecular flexibility index (Phi) is 2.48. The van der Waals surface area contributed by atoms with Crippen LogP contribution in [0.4, 0.5) is 0 Å². The zero-order chi connectivity index (χ0) is 10.1. The van der Waals surface area contributed by atoms with E-state index in [0.29, 0.717) is 11.8 Å². The lowest BCUT2D eigenvalue weighted by Crippen LogP contribution is -2.16. The van der Waals surface area contributed by atoms with E-state index in [1.807, 2.05) is 0 Å². The van der Waals surface area contributed by atoms with Crippen LogP contribution in [0.15, 0.2) is 10.9 Å². The molecule has 14 heavy (non-hydrogen) atoms. The molecule has 3 nitrogen and oxygen atoms in total. The molecule has 0 unspecified atom stereocenters. The van der Waals surface area contributed by atoms with Crippen molar-refractivity contribution < 1.29 is 0 Å². The van der Waals surface area contributed by atoms with Crippen molar-refractivity contribution in [3.8, 4) is 0 Å². The third-order valence-corrected chi connectivity index (χ3v) is 2.76. The summed E-state index contributed by atoms with van der Waals surface area (Å²) in [5, 5.41) is 3.20. The first-order valence-corrected chi connectivity index (χ1v) is 5.46. The van der Waals surface area contributed by atoms with Gasteiger partial charge in [0.05, 0.1) is 0 Å². The first-order chi connectivity index (χ1) is 6.66. The van der Waals surface area contributed by atoms with E-state index in [2.05, 4.69) is 18.9 Å². The van der Waals surface area contributed by atoms with Gasteiger partial charge >= 0.3 is 0 Å². The fourth-order valence-electron chi connectivity index (χ4n) is 1.61. The highest BCUT2D eigenvalue weighted by molar-refractivity contribution is 5.12. The van der Waals surface area contributed by atoms with E-state index >= 15 is 0 Å². The second-order valence-electron chi connectivity index (χ2n) is 4.66. The van der Waals surface area contributed by atoms with Gasteiger partial charge in [0.15, 0.2) is 0 Å². The summed E-state index contributed by atoms with van der Waals surface area (Å²) >= 11 is 0. The van der Waals surface area contributed by atoms with Crippen LogP contribution >= 0.6 is 0 Å². The molecule has 1 aliphatic carbocycles. The van der Waals surface area contributed by atoms with Gasteiger partial charge in [-0.2, -0.15) is 0 Å². The van der Waals surface area contributed by atoms with Crippen LogP contribution < -0.4 is 5.56 Å². The SMILES string of the molecule is CC(C)CCn1[nH]c(C2CC2)cc1=O. The van der Waals surface area contributed by atoms with Gasteiger partial charge in [0, 0.05) is 24.2 Å². The number of hydrogen-bond donors (Lipinski definition) is 1. The van der Waals surface area contributed by atoms with Crippen LogP contribution in [0.1, 0.15) is 44.7 Å². The number of rotatable bonds is 4. The standard InChI is InChI=1S/C11H18N2O/c1-8(2)5-6-13-11(14)7-10(12-13)9-3-4-9/h7-9,12H,3-6H2,1-2H3. The highest BCUT2D eigenvalue weighted by atomic mass is 16.1. The predicted octanol–water partition coefficient (Wildman–Crippen LogP) is 2.10. The fourth-order valence-corrected chi connectivity index (χ4v) is 1.61. The van der Waals surface area contributed by atoms with Gasteiger partial charge in [-0.3, -0.25) is 14.6 Å². The molecule has 0 saturated heterocycles. The summed E-state index contributed by atoms with van der Waals surface area (Å²) in [7, 11) is 0. The molecule has 0 spiro atoms. The second kappa shape index (κ2) is 3.64. The maximum absolute atomic E-state index is 11.5. The number of aryl methyl sites for hydroxylation is 1. The molecule has 0 aromatic carbocycles. The largest absolute Gasteiger partial charge is 0.299 e. The van der Waals surface area contributed by atoms with Crippen LogP contribution in [-0.4, -0.2) is 9.78 Å². The Hall–Kier alpha value is -0.990. The molecule has 0 radical (unpaired) electrons. The molecule has 1 saturated carbocycles. The first kappa shape index (κ1) is 9.56. The number of nitrogens with zero attached hydrogens (tertiary/aromatic N) is 1. The number of nitrogens with one attached hydrogen (secondary N) is 1. The monoisotopic (exact) mass is 194 g/mol. The molecule has 78 valence electrons. The van der Waals surface area contributed by atoms with E-state index in [0.717, 1.165) is 18.7 Å². The highest BCUT2D eigenvalue weighted by Crippen LogP contribution is 2.38. The minimum absolute atomic E-state index is 0.132. The lowest BCUT2D eigenvalue weighted by atomic mass is 10.1. The Labute approximate surface area is 84.1 Å². The minimum atomic E-state index is 0.132. The van der Waals surface area contributed by atoms with Gasteiger partial charge in [-0.1, -0.05) is 13.8 Å². The molecule has 1 aliphatic rings. The molecule has 1 N–H and O–H groups in total. The van der Waals surface area contributed by atoms with E-state index in [1.165, 1.54) is 12.8 Å².